The molecular weight excluding hydrogens is 388 g/mol. The number of carbonyl (C=O) groups excluding carboxylic acids is 2. The third-order valence-corrected chi connectivity index (χ3v) is 10.6. The molecule has 0 aromatic heterocycles. The molecule has 0 unspecified atom stereocenters. The van der Waals surface area contributed by atoms with Crippen molar-refractivity contribution in [2.75, 3.05) is 13.2 Å². The van der Waals surface area contributed by atoms with Gasteiger partial charge < -0.3 is 18.6 Å². The van der Waals surface area contributed by atoms with Crippen LogP contribution in [0.5, 0.6) is 0 Å². The number of ether oxygens (including phenoxy) is 3. The Morgan fingerprint density at radius 2 is 1.93 bits per heavy atom. The predicted molar refractivity (Wildman–Crippen MR) is 114 cm³/mol. The summed E-state index contributed by atoms with van der Waals surface area (Å²) in [6.45, 7) is 17.0. The van der Waals surface area contributed by atoms with Crippen molar-refractivity contribution in [1.82, 2.24) is 0 Å². The fraction of sp³-hybridized carbons (Fsp3) is 0.818. The molecule has 7 heteroatoms. The van der Waals surface area contributed by atoms with Crippen LogP contribution in [-0.4, -0.2) is 51.3 Å². The molecule has 0 amide bonds. The summed E-state index contributed by atoms with van der Waals surface area (Å²) in [5.41, 5.74) is 0.783. The quantitative estimate of drug-likeness (QED) is 0.233. The summed E-state index contributed by atoms with van der Waals surface area (Å²) in [5.74, 6) is -1.42. The van der Waals surface area contributed by atoms with Gasteiger partial charge in [0.15, 0.2) is 19.9 Å². The topological polar surface area (TPSA) is 71.1 Å². The first-order valence-corrected chi connectivity index (χ1v) is 13.6. The zero-order valence-electron chi connectivity index (χ0n) is 19.3. The Bertz CT molecular complexity index is 659. The summed E-state index contributed by atoms with van der Waals surface area (Å²) in [6, 6.07) is 0. The highest BCUT2D eigenvalue weighted by molar-refractivity contribution is 6.74. The van der Waals surface area contributed by atoms with Gasteiger partial charge in [0.25, 0.3) is 0 Å². The van der Waals surface area contributed by atoms with E-state index in [-0.39, 0.29) is 29.1 Å². The molecule has 166 valence electrons. The number of hydrogen-bond acceptors (Lipinski definition) is 6. The van der Waals surface area contributed by atoms with Gasteiger partial charge >= 0.3 is 5.97 Å². The average Bonchev–Trinajstić information content (AvgIpc) is 3.14. The molecule has 0 radical (unpaired) electrons. The van der Waals surface area contributed by atoms with Gasteiger partial charge in [0.2, 0.25) is 0 Å². The molecular formula is C22H38O6Si. The van der Waals surface area contributed by atoms with Crippen LogP contribution in [0.2, 0.25) is 18.1 Å². The number of carbonyl (C=O) groups is 2. The van der Waals surface area contributed by atoms with Crippen molar-refractivity contribution < 1.29 is 28.2 Å². The van der Waals surface area contributed by atoms with E-state index in [9.17, 15) is 9.59 Å². The van der Waals surface area contributed by atoms with Gasteiger partial charge in [-0.2, -0.15) is 0 Å². The monoisotopic (exact) mass is 426 g/mol. The first-order valence-electron chi connectivity index (χ1n) is 10.7. The molecule has 0 aromatic carbocycles. The summed E-state index contributed by atoms with van der Waals surface area (Å²) in [6.07, 6.45) is 2.17. The number of ketones is 1. The summed E-state index contributed by atoms with van der Waals surface area (Å²) < 4.78 is 23.9. The predicted octanol–water partition coefficient (Wildman–Crippen LogP) is 4.53. The molecule has 0 aromatic rings. The molecule has 2 atom stereocenters. The molecule has 2 aliphatic heterocycles. The van der Waals surface area contributed by atoms with E-state index in [1.165, 1.54) is 0 Å². The molecule has 0 bridgehead atoms. The molecule has 0 N–H and O–H groups in total. The number of unbranched alkanes of at least 4 members (excludes halogenated alkanes) is 2. The molecule has 29 heavy (non-hydrogen) atoms. The second-order valence-corrected chi connectivity index (χ2v) is 14.8. The molecule has 1 fully saturated rings. The van der Waals surface area contributed by atoms with Crippen LogP contribution >= 0.6 is 0 Å². The van der Waals surface area contributed by atoms with Crippen LogP contribution in [0.15, 0.2) is 11.1 Å². The maximum atomic E-state index is 12.9. The Balaban J connectivity index is 2.40. The van der Waals surface area contributed by atoms with Crippen LogP contribution in [-0.2, 0) is 28.2 Å². The minimum absolute atomic E-state index is 0.0322. The van der Waals surface area contributed by atoms with E-state index in [0.717, 1.165) is 19.3 Å². The lowest BCUT2D eigenvalue weighted by atomic mass is 9.96. The van der Waals surface area contributed by atoms with E-state index in [0.29, 0.717) is 18.6 Å². The van der Waals surface area contributed by atoms with Crippen molar-refractivity contribution in [3.63, 3.8) is 0 Å². The van der Waals surface area contributed by atoms with Gasteiger partial charge in [-0.3, -0.25) is 4.79 Å². The number of hydrogen-bond donors (Lipinski definition) is 0. The van der Waals surface area contributed by atoms with Crippen LogP contribution in [0.1, 0.15) is 67.2 Å². The first kappa shape index (κ1) is 24.2. The second-order valence-electron chi connectivity index (χ2n) is 10.0. The van der Waals surface area contributed by atoms with E-state index in [1.807, 2.05) is 13.8 Å². The van der Waals surface area contributed by atoms with Crippen LogP contribution in [0.4, 0.5) is 0 Å². The second kappa shape index (κ2) is 9.00. The molecule has 0 aliphatic carbocycles. The van der Waals surface area contributed by atoms with Crippen molar-refractivity contribution in [3.8, 4) is 0 Å². The van der Waals surface area contributed by atoms with Crippen LogP contribution in [0.25, 0.3) is 0 Å². The SMILES string of the molecule is CCCCCC(=O)C1=C([C@@H](O[Si](C)(C)C(C)(C)C)[C@H]2COC(C)(C)O2)COC1=O. The standard InChI is InChI=1S/C22H38O6Si/c1-9-10-11-12-16(23)18-15(13-25-20(18)24)19(17-14-26-22(5,6)27-17)28-29(7,8)21(2,3)4/h17,19H,9-14H2,1-8H3/t17-,19-/m1/s1. The van der Waals surface area contributed by atoms with E-state index < -0.39 is 26.2 Å². The molecule has 0 spiro atoms. The Kier molecular flexibility index (Phi) is 7.52. The molecule has 2 aliphatic rings. The zero-order chi connectivity index (χ0) is 22.0. The van der Waals surface area contributed by atoms with Gasteiger partial charge in [0.05, 0.1) is 12.7 Å². The van der Waals surface area contributed by atoms with Crippen molar-refractivity contribution in [3.05, 3.63) is 11.1 Å². The molecule has 2 heterocycles. The van der Waals surface area contributed by atoms with Gasteiger partial charge in [-0.05, 0) is 38.4 Å². The van der Waals surface area contributed by atoms with E-state index in [2.05, 4.69) is 40.8 Å². The van der Waals surface area contributed by atoms with Crippen LogP contribution < -0.4 is 0 Å². The molecule has 0 saturated carbocycles. The zero-order valence-corrected chi connectivity index (χ0v) is 20.3. The fourth-order valence-corrected chi connectivity index (χ4v) is 4.61. The Morgan fingerprint density at radius 1 is 1.28 bits per heavy atom. The molecule has 6 nitrogen and oxygen atoms in total. The third kappa shape index (κ3) is 5.78. The van der Waals surface area contributed by atoms with Crippen LogP contribution in [0, 0.1) is 0 Å². The number of Topliss-reactive ketones (excluding diaryl/α,β-unsaturated/α-hetero) is 1. The highest BCUT2D eigenvalue weighted by Gasteiger charge is 2.48. The summed E-state index contributed by atoms with van der Waals surface area (Å²) in [7, 11) is -2.21. The van der Waals surface area contributed by atoms with Crippen molar-refractivity contribution in [2.45, 2.75) is 103 Å². The number of cyclic esters (lactones) is 1. The smallest absolute Gasteiger partial charge is 0.342 e. The fourth-order valence-electron chi connectivity index (χ4n) is 3.33. The minimum Gasteiger partial charge on any atom is -0.457 e. The van der Waals surface area contributed by atoms with E-state index in [4.69, 9.17) is 18.6 Å². The molecule has 1 saturated heterocycles. The maximum Gasteiger partial charge on any atom is 0.342 e. The van der Waals surface area contributed by atoms with Crippen molar-refractivity contribution in [1.29, 1.82) is 0 Å². The highest BCUT2D eigenvalue weighted by atomic mass is 28.4. The summed E-state index contributed by atoms with van der Waals surface area (Å²) in [4.78, 5) is 25.3. The van der Waals surface area contributed by atoms with E-state index >= 15 is 0 Å². The minimum atomic E-state index is -2.21. The lowest BCUT2D eigenvalue weighted by Crippen LogP contribution is -2.49. The highest BCUT2D eigenvalue weighted by Crippen LogP contribution is 2.41. The van der Waals surface area contributed by atoms with Gasteiger partial charge in [0.1, 0.15) is 18.3 Å². The summed E-state index contributed by atoms with van der Waals surface area (Å²) in [5, 5.41) is -0.0322. The third-order valence-electron chi connectivity index (χ3n) is 6.11. The average molecular weight is 427 g/mol. The normalized spacial score (nSPS) is 23.4. The maximum absolute atomic E-state index is 12.9. The van der Waals surface area contributed by atoms with Gasteiger partial charge in [-0.1, -0.05) is 40.5 Å². The van der Waals surface area contributed by atoms with Crippen LogP contribution in [0.3, 0.4) is 0 Å². The number of rotatable bonds is 9. The van der Waals surface area contributed by atoms with Gasteiger partial charge in [0, 0.05) is 12.0 Å². The molecule has 2 rings (SSSR count). The lowest BCUT2D eigenvalue weighted by molar-refractivity contribution is -0.147. The van der Waals surface area contributed by atoms with E-state index in [1.54, 1.807) is 0 Å². The largest absolute Gasteiger partial charge is 0.457 e. The van der Waals surface area contributed by atoms with Gasteiger partial charge in [-0.25, -0.2) is 4.79 Å². The summed E-state index contributed by atoms with van der Waals surface area (Å²) >= 11 is 0. The Morgan fingerprint density at radius 3 is 2.45 bits per heavy atom. The lowest BCUT2D eigenvalue weighted by Gasteiger charge is -2.41. The van der Waals surface area contributed by atoms with Crippen molar-refractivity contribution >= 4 is 20.1 Å². The van der Waals surface area contributed by atoms with Gasteiger partial charge in [-0.15, -0.1) is 0 Å². The first-order chi connectivity index (χ1) is 13.3. The Labute approximate surface area is 176 Å². The number of esters is 1. The van der Waals surface area contributed by atoms with Crippen molar-refractivity contribution in [2.24, 2.45) is 0 Å². The Hall–Kier alpha value is -1.02.